The van der Waals surface area contributed by atoms with Crippen LogP contribution in [0.4, 0.5) is 0 Å². The molecule has 0 spiro atoms. The van der Waals surface area contributed by atoms with Gasteiger partial charge >= 0.3 is 0 Å². The monoisotopic (exact) mass is 360 g/mol. The summed E-state index contributed by atoms with van der Waals surface area (Å²) in [4.78, 5) is 31.5. The average Bonchev–Trinajstić information content (AvgIpc) is 3.03. The highest BCUT2D eigenvalue weighted by molar-refractivity contribution is 7.98. The van der Waals surface area contributed by atoms with Crippen LogP contribution in [0.15, 0.2) is 64.8 Å². The van der Waals surface area contributed by atoms with Gasteiger partial charge in [0.05, 0.1) is 10.9 Å². The fourth-order valence-corrected chi connectivity index (χ4v) is 3.79. The number of rotatable bonds is 2. The summed E-state index contributed by atoms with van der Waals surface area (Å²) in [5.74, 6) is 0.644. The van der Waals surface area contributed by atoms with Gasteiger partial charge in [-0.3, -0.25) is 4.79 Å². The predicted octanol–water partition coefficient (Wildman–Crippen LogP) is 2.70. The summed E-state index contributed by atoms with van der Waals surface area (Å²) in [6.45, 7) is 0. The lowest BCUT2D eigenvalue weighted by Gasteiger charge is -2.07. The van der Waals surface area contributed by atoms with E-state index in [9.17, 15) is 4.79 Å². The van der Waals surface area contributed by atoms with E-state index in [0.717, 1.165) is 15.8 Å². The Hall–Kier alpha value is -3.26. The maximum absolute atomic E-state index is 13.2. The Bertz CT molecular complexity index is 1340. The van der Waals surface area contributed by atoms with Gasteiger partial charge in [-0.1, -0.05) is 12.1 Å². The van der Waals surface area contributed by atoms with Crippen molar-refractivity contribution in [3.8, 4) is 5.82 Å². The van der Waals surface area contributed by atoms with Gasteiger partial charge in [0.25, 0.3) is 5.56 Å². The summed E-state index contributed by atoms with van der Waals surface area (Å²) >= 11 is 1.61. The number of thioether (sulfide) groups is 1. The van der Waals surface area contributed by atoms with Crippen molar-refractivity contribution < 1.29 is 0 Å². The van der Waals surface area contributed by atoms with Crippen LogP contribution in [0.5, 0.6) is 0 Å². The van der Waals surface area contributed by atoms with E-state index in [2.05, 4.69) is 19.9 Å². The number of aromatic nitrogens is 6. The van der Waals surface area contributed by atoms with Crippen LogP contribution in [0, 0.1) is 0 Å². The zero-order valence-corrected chi connectivity index (χ0v) is 14.5. The molecular formula is C18H12N6OS. The summed E-state index contributed by atoms with van der Waals surface area (Å²) in [6.07, 6.45) is 6.61. The molecule has 0 bridgehead atoms. The van der Waals surface area contributed by atoms with Crippen molar-refractivity contribution >= 4 is 39.3 Å². The Labute approximate surface area is 151 Å². The zero-order chi connectivity index (χ0) is 17.7. The van der Waals surface area contributed by atoms with Crippen LogP contribution in [0.25, 0.3) is 33.4 Å². The first-order valence-electron chi connectivity index (χ1n) is 7.91. The molecule has 4 aromatic heterocycles. The molecule has 0 aliphatic rings. The fourth-order valence-electron chi connectivity index (χ4n) is 3.17. The van der Waals surface area contributed by atoms with Crippen LogP contribution in [-0.2, 0) is 0 Å². The molecule has 0 radical (unpaired) electrons. The molecule has 0 atom stereocenters. The molecule has 5 aromatic rings. The first kappa shape index (κ1) is 15.0. The van der Waals surface area contributed by atoms with Gasteiger partial charge in [-0.2, -0.15) is 4.52 Å². The average molecular weight is 360 g/mol. The second kappa shape index (κ2) is 5.63. The van der Waals surface area contributed by atoms with E-state index < -0.39 is 0 Å². The Morgan fingerprint density at radius 2 is 2.00 bits per heavy atom. The maximum Gasteiger partial charge on any atom is 0.284 e. The minimum Gasteiger partial charge on any atom is -0.266 e. The number of hydrogen-bond acceptors (Lipinski definition) is 6. The lowest BCUT2D eigenvalue weighted by Crippen LogP contribution is -2.21. The molecule has 4 heterocycles. The van der Waals surface area contributed by atoms with Crippen LogP contribution in [0.2, 0.25) is 0 Å². The summed E-state index contributed by atoms with van der Waals surface area (Å²) in [6, 6.07) is 11.6. The molecule has 1 aromatic carbocycles. The molecule has 0 aliphatic heterocycles. The Kier molecular flexibility index (Phi) is 3.26. The smallest absolute Gasteiger partial charge is 0.266 e. The lowest BCUT2D eigenvalue weighted by atomic mass is 10.2. The molecule has 8 heteroatoms. The van der Waals surface area contributed by atoms with E-state index in [1.54, 1.807) is 27.2 Å². The summed E-state index contributed by atoms with van der Waals surface area (Å²) < 4.78 is 3.35. The van der Waals surface area contributed by atoms with Crippen molar-refractivity contribution in [1.82, 2.24) is 29.1 Å². The first-order valence-corrected chi connectivity index (χ1v) is 9.13. The van der Waals surface area contributed by atoms with Crippen LogP contribution in [0.1, 0.15) is 0 Å². The van der Waals surface area contributed by atoms with E-state index in [1.807, 2.05) is 42.7 Å². The third-order valence-electron chi connectivity index (χ3n) is 4.27. The van der Waals surface area contributed by atoms with Gasteiger partial charge in [0.2, 0.25) is 0 Å². The summed E-state index contributed by atoms with van der Waals surface area (Å²) in [5, 5.41) is 1.28. The number of pyridine rings is 1. The third-order valence-corrected chi connectivity index (χ3v) is 5.05. The highest BCUT2D eigenvalue weighted by Gasteiger charge is 2.20. The Balaban J connectivity index is 2.11. The van der Waals surface area contributed by atoms with Gasteiger partial charge in [-0.15, -0.1) is 11.8 Å². The molecule has 0 amide bonds. The van der Waals surface area contributed by atoms with Crippen LogP contribution in [-0.4, -0.2) is 35.4 Å². The maximum atomic E-state index is 13.2. The normalized spacial score (nSPS) is 11.6. The second-order valence-electron chi connectivity index (χ2n) is 5.67. The van der Waals surface area contributed by atoms with Crippen molar-refractivity contribution in [2.75, 3.05) is 6.26 Å². The largest absolute Gasteiger partial charge is 0.284 e. The van der Waals surface area contributed by atoms with Crippen LogP contribution in [0.3, 0.4) is 0 Å². The zero-order valence-electron chi connectivity index (χ0n) is 13.7. The summed E-state index contributed by atoms with van der Waals surface area (Å²) in [7, 11) is 0. The van der Waals surface area contributed by atoms with E-state index in [0.29, 0.717) is 22.5 Å². The molecule has 126 valence electrons. The van der Waals surface area contributed by atoms with E-state index >= 15 is 0 Å². The number of hydrogen-bond donors (Lipinski definition) is 0. The van der Waals surface area contributed by atoms with Crippen molar-refractivity contribution in [2.24, 2.45) is 0 Å². The van der Waals surface area contributed by atoms with E-state index in [1.165, 1.54) is 12.5 Å². The topological polar surface area (TPSA) is 78.0 Å². The first-order chi connectivity index (χ1) is 12.8. The number of benzene rings is 1. The molecule has 0 saturated heterocycles. The second-order valence-corrected chi connectivity index (χ2v) is 6.51. The van der Waals surface area contributed by atoms with Crippen molar-refractivity contribution in [2.45, 2.75) is 4.90 Å². The molecule has 0 aliphatic carbocycles. The van der Waals surface area contributed by atoms with Crippen molar-refractivity contribution in [1.29, 1.82) is 0 Å². The molecule has 5 rings (SSSR count). The number of fused-ring (bicyclic) bond motifs is 4. The SMILES string of the molecule is CSc1cccc2c1c1nc3ncncc3c(=O)n1n2-c1ccccn1. The van der Waals surface area contributed by atoms with Crippen LogP contribution >= 0.6 is 11.8 Å². The van der Waals surface area contributed by atoms with Gasteiger partial charge in [0.1, 0.15) is 11.7 Å². The van der Waals surface area contributed by atoms with Crippen molar-refractivity contribution in [3.05, 3.63) is 65.5 Å². The minimum absolute atomic E-state index is 0.223. The third kappa shape index (κ3) is 1.99. The molecule has 0 saturated carbocycles. The lowest BCUT2D eigenvalue weighted by molar-refractivity contribution is 0.772. The van der Waals surface area contributed by atoms with Gasteiger partial charge in [0.15, 0.2) is 17.1 Å². The highest BCUT2D eigenvalue weighted by Crippen LogP contribution is 2.31. The van der Waals surface area contributed by atoms with Crippen LogP contribution < -0.4 is 5.56 Å². The minimum atomic E-state index is -0.223. The molecule has 0 fully saturated rings. The van der Waals surface area contributed by atoms with Crippen molar-refractivity contribution in [3.63, 3.8) is 0 Å². The Morgan fingerprint density at radius 3 is 2.81 bits per heavy atom. The molecule has 26 heavy (non-hydrogen) atoms. The molecule has 0 N–H and O–H groups in total. The molecule has 7 nitrogen and oxygen atoms in total. The van der Waals surface area contributed by atoms with Gasteiger partial charge in [0, 0.05) is 17.3 Å². The summed E-state index contributed by atoms with van der Waals surface area (Å²) in [5.41, 5.74) is 1.59. The van der Waals surface area contributed by atoms with Gasteiger partial charge < -0.3 is 0 Å². The predicted molar refractivity (Wildman–Crippen MR) is 101 cm³/mol. The van der Waals surface area contributed by atoms with Gasteiger partial charge in [-0.05, 0) is 30.5 Å². The van der Waals surface area contributed by atoms with E-state index in [-0.39, 0.29) is 5.56 Å². The van der Waals surface area contributed by atoms with Gasteiger partial charge in [-0.25, -0.2) is 24.6 Å². The standard InChI is InChI=1S/C18H12N6OS/c1-26-13-6-4-5-12-15(13)17-22-16-11(9-19-10-21-16)18(25)24(17)23(12)14-7-2-3-8-20-14/h2-10H,1H3. The van der Waals surface area contributed by atoms with E-state index in [4.69, 9.17) is 0 Å². The molecule has 0 unspecified atom stereocenters. The number of nitrogens with zero attached hydrogens (tertiary/aromatic N) is 6. The highest BCUT2D eigenvalue weighted by atomic mass is 32.2. The molecular weight excluding hydrogens is 348 g/mol. The quantitative estimate of drug-likeness (QED) is 0.451. The Morgan fingerprint density at radius 1 is 1.08 bits per heavy atom. The fraction of sp³-hybridized carbons (Fsp3) is 0.0556.